The van der Waals surface area contributed by atoms with Crippen LogP contribution in [-0.4, -0.2) is 32.7 Å². The van der Waals surface area contributed by atoms with Crippen molar-refractivity contribution in [2.24, 2.45) is 5.92 Å². The second-order valence-corrected chi connectivity index (χ2v) is 4.08. The van der Waals surface area contributed by atoms with Crippen molar-refractivity contribution in [3.8, 4) is 5.75 Å². The van der Waals surface area contributed by atoms with Crippen molar-refractivity contribution in [3.63, 3.8) is 0 Å². The molecule has 2 N–H and O–H groups in total. The summed E-state index contributed by atoms with van der Waals surface area (Å²) >= 11 is 0. The highest BCUT2D eigenvalue weighted by molar-refractivity contribution is 5.96. The highest BCUT2D eigenvalue weighted by Crippen LogP contribution is 2.19. The molecule has 1 saturated heterocycles. The Balaban J connectivity index is 2.03. The maximum Gasteiger partial charge on any atom is 0.255 e. The molecule has 0 aromatic heterocycles. The number of hydrogen-bond donors (Lipinski definition) is 2. The summed E-state index contributed by atoms with van der Waals surface area (Å²) in [7, 11) is 1.46. The summed E-state index contributed by atoms with van der Waals surface area (Å²) in [4.78, 5) is 11.8. The van der Waals surface area contributed by atoms with Crippen LogP contribution in [-0.2, 0) is 0 Å². The number of nitrogens with one attached hydrogen (secondary N) is 2. The van der Waals surface area contributed by atoms with E-state index in [1.807, 2.05) is 0 Å². The lowest BCUT2D eigenvalue weighted by Crippen LogP contribution is -2.48. The van der Waals surface area contributed by atoms with Gasteiger partial charge in [0.1, 0.15) is 11.6 Å². The van der Waals surface area contributed by atoms with Crippen LogP contribution in [0.25, 0.3) is 0 Å². The van der Waals surface area contributed by atoms with Gasteiger partial charge in [0.05, 0.1) is 12.7 Å². The molecule has 0 radical (unpaired) electrons. The Morgan fingerprint density at radius 3 is 2.94 bits per heavy atom. The normalized spacial score (nSPS) is 15.2. The van der Waals surface area contributed by atoms with E-state index in [1.54, 1.807) is 0 Å². The van der Waals surface area contributed by atoms with Crippen molar-refractivity contribution in [2.45, 2.75) is 0 Å². The third-order valence-electron chi connectivity index (χ3n) is 2.82. The minimum absolute atomic E-state index is 0.236. The topological polar surface area (TPSA) is 50.4 Å². The molecular weight excluding hydrogens is 223 g/mol. The molecular formula is C12H15FN2O2. The number of rotatable bonds is 4. The number of benzene rings is 1. The van der Waals surface area contributed by atoms with Crippen LogP contribution in [0.1, 0.15) is 10.4 Å². The molecule has 1 aromatic carbocycles. The first kappa shape index (κ1) is 11.9. The van der Waals surface area contributed by atoms with Gasteiger partial charge in [0, 0.05) is 25.6 Å². The molecule has 92 valence electrons. The van der Waals surface area contributed by atoms with Gasteiger partial charge in [-0.2, -0.15) is 0 Å². The van der Waals surface area contributed by atoms with Crippen molar-refractivity contribution >= 4 is 5.91 Å². The Morgan fingerprint density at radius 2 is 2.35 bits per heavy atom. The fourth-order valence-electron chi connectivity index (χ4n) is 1.68. The molecule has 0 unspecified atom stereocenters. The maximum atomic E-state index is 13.1. The minimum Gasteiger partial charge on any atom is -0.496 e. The van der Waals surface area contributed by atoms with E-state index >= 15 is 0 Å². The summed E-state index contributed by atoms with van der Waals surface area (Å²) in [5.74, 6) is 0.114. The highest BCUT2D eigenvalue weighted by atomic mass is 19.1. The molecule has 0 bridgehead atoms. The number of amides is 1. The third-order valence-corrected chi connectivity index (χ3v) is 2.82. The van der Waals surface area contributed by atoms with E-state index in [0.717, 1.165) is 13.1 Å². The van der Waals surface area contributed by atoms with Crippen molar-refractivity contribution < 1.29 is 13.9 Å². The molecule has 4 nitrogen and oxygen atoms in total. The fourth-order valence-corrected chi connectivity index (χ4v) is 1.68. The maximum absolute atomic E-state index is 13.1. The molecule has 0 saturated carbocycles. The first-order valence-corrected chi connectivity index (χ1v) is 5.53. The van der Waals surface area contributed by atoms with E-state index in [9.17, 15) is 9.18 Å². The van der Waals surface area contributed by atoms with Gasteiger partial charge in [-0.15, -0.1) is 0 Å². The Labute approximate surface area is 99.2 Å². The zero-order valence-electron chi connectivity index (χ0n) is 9.63. The van der Waals surface area contributed by atoms with Gasteiger partial charge in [0.25, 0.3) is 5.91 Å². The first-order chi connectivity index (χ1) is 8.20. The van der Waals surface area contributed by atoms with Gasteiger partial charge in [-0.1, -0.05) is 0 Å². The monoisotopic (exact) mass is 238 g/mol. The predicted molar refractivity (Wildman–Crippen MR) is 61.6 cm³/mol. The Hall–Kier alpha value is -1.62. The Kier molecular flexibility index (Phi) is 3.58. The SMILES string of the molecule is COc1ccc(F)cc1C(=O)NCC1CNC1. The van der Waals surface area contributed by atoms with Gasteiger partial charge in [-0.3, -0.25) is 4.79 Å². The molecule has 2 rings (SSSR count). The molecule has 1 fully saturated rings. The van der Waals surface area contributed by atoms with Crippen LogP contribution in [0, 0.1) is 11.7 Å². The van der Waals surface area contributed by atoms with E-state index < -0.39 is 5.82 Å². The Morgan fingerprint density at radius 1 is 1.59 bits per heavy atom. The van der Waals surface area contributed by atoms with E-state index in [4.69, 9.17) is 4.74 Å². The average molecular weight is 238 g/mol. The van der Waals surface area contributed by atoms with Crippen molar-refractivity contribution in [2.75, 3.05) is 26.7 Å². The molecule has 1 aliphatic rings. The summed E-state index contributed by atoms with van der Waals surface area (Å²) in [6.45, 7) is 2.44. The second-order valence-electron chi connectivity index (χ2n) is 4.08. The minimum atomic E-state index is -0.443. The van der Waals surface area contributed by atoms with E-state index in [-0.39, 0.29) is 11.5 Å². The number of carbonyl (C=O) groups excluding carboxylic acids is 1. The van der Waals surface area contributed by atoms with E-state index in [0.29, 0.717) is 18.2 Å². The highest BCUT2D eigenvalue weighted by Gasteiger charge is 2.19. The summed E-state index contributed by atoms with van der Waals surface area (Å²) < 4.78 is 18.1. The number of ether oxygens (including phenoxy) is 1. The van der Waals surface area contributed by atoms with E-state index in [2.05, 4.69) is 10.6 Å². The van der Waals surface area contributed by atoms with Crippen LogP contribution in [0.4, 0.5) is 4.39 Å². The first-order valence-electron chi connectivity index (χ1n) is 5.53. The molecule has 1 amide bonds. The summed E-state index contributed by atoms with van der Waals surface area (Å²) in [6, 6.07) is 3.91. The van der Waals surface area contributed by atoms with Gasteiger partial charge in [-0.05, 0) is 18.2 Å². The smallest absolute Gasteiger partial charge is 0.255 e. The number of carbonyl (C=O) groups is 1. The lowest BCUT2D eigenvalue weighted by Gasteiger charge is -2.27. The van der Waals surface area contributed by atoms with Crippen LogP contribution in [0.5, 0.6) is 5.75 Å². The van der Waals surface area contributed by atoms with Gasteiger partial charge < -0.3 is 15.4 Å². The molecule has 1 aromatic rings. The van der Waals surface area contributed by atoms with Crippen molar-refractivity contribution in [1.82, 2.24) is 10.6 Å². The van der Waals surface area contributed by atoms with Gasteiger partial charge in [-0.25, -0.2) is 4.39 Å². The quantitative estimate of drug-likeness (QED) is 0.815. The summed E-state index contributed by atoms with van der Waals surface area (Å²) in [5.41, 5.74) is 0.236. The van der Waals surface area contributed by atoms with Crippen molar-refractivity contribution in [3.05, 3.63) is 29.6 Å². The molecule has 1 aliphatic heterocycles. The Bertz CT molecular complexity index is 419. The van der Waals surface area contributed by atoms with Crippen LogP contribution >= 0.6 is 0 Å². The van der Waals surface area contributed by atoms with Crippen LogP contribution in [0.2, 0.25) is 0 Å². The second kappa shape index (κ2) is 5.14. The molecule has 1 heterocycles. The zero-order valence-corrected chi connectivity index (χ0v) is 9.63. The lowest BCUT2D eigenvalue weighted by molar-refractivity contribution is 0.0938. The fraction of sp³-hybridized carbons (Fsp3) is 0.417. The number of hydrogen-bond acceptors (Lipinski definition) is 3. The van der Waals surface area contributed by atoms with Gasteiger partial charge in [0.15, 0.2) is 0 Å². The summed E-state index contributed by atoms with van der Waals surface area (Å²) in [5, 5.41) is 5.90. The summed E-state index contributed by atoms with van der Waals surface area (Å²) in [6.07, 6.45) is 0. The standard InChI is InChI=1S/C12H15FN2O2/c1-17-11-3-2-9(13)4-10(11)12(16)15-7-8-5-14-6-8/h2-4,8,14H,5-7H2,1H3,(H,15,16). The lowest BCUT2D eigenvalue weighted by atomic mass is 10.0. The average Bonchev–Trinajstić information content (AvgIpc) is 2.26. The van der Waals surface area contributed by atoms with Crippen LogP contribution < -0.4 is 15.4 Å². The largest absolute Gasteiger partial charge is 0.496 e. The molecule has 0 aliphatic carbocycles. The molecule has 5 heteroatoms. The van der Waals surface area contributed by atoms with Crippen LogP contribution in [0.3, 0.4) is 0 Å². The van der Waals surface area contributed by atoms with Gasteiger partial charge >= 0.3 is 0 Å². The number of halogens is 1. The zero-order chi connectivity index (χ0) is 12.3. The van der Waals surface area contributed by atoms with Gasteiger partial charge in [0.2, 0.25) is 0 Å². The van der Waals surface area contributed by atoms with Crippen LogP contribution in [0.15, 0.2) is 18.2 Å². The molecule has 0 spiro atoms. The molecule has 17 heavy (non-hydrogen) atoms. The number of methoxy groups -OCH3 is 1. The predicted octanol–water partition coefficient (Wildman–Crippen LogP) is 0.783. The van der Waals surface area contributed by atoms with E-state index in [1.165, 1.54) is 25.3 Å². The van der Waals surface area contributed by atoms with Crippen molar-refractivity contribution in [1.29, 1.82) is 0 Å². The molecule has 0 atom stereocenters. The third kappa shape index (κ3) is 2.74.